The molecule has 0 N–H and O–H groups in total. The highest BCUT2D eigenvalue weighted by molar-refractivity contribution is 5.96. The van der Waals surface area contributed by atoms with E-state index in [4.69, 9.17) is 0 Å². The van der Waals surface area contributed by atoms with Crippen LogP contribution < -0.4 is 0 Å². The van der Waals surface area contributed by atoms with Crippen molar-refractivity contribution < 1.29 is 14.3 Å². The molecular weight excluding hydrogens is 240 g/mol. The van der Waals surface area contributed by atoms with E-state index < -0.39 is 5.97 Å². The third-order valence-electron chi connectivity index (χ3n) is 4.10. The summed E-state index contributed by atoms with van der Waals surface area (Å²) in [6.45, 7) is 10.3. The molecule has 1 aromatic rings. The number of hydrogen-bond donors (Lipinski definition) is 0. The molecule has 3 nitrogen and oxygen atoms in total. The molecule has 0 aromatic heterocycles. The summed E-state index contributed by atoms with van der Waals surface area (Å²) >= 11 is 0. The molecule has 0 atom stereocenters. The van der Waals surface area contributed by atoms with Crippen LogP contribution in [0.5, 0.6) is 0 Å². The van der Waals surface area contributed by atoms with Crippen LogP contribution >= 0.6 is 0 Å². The number of ketones is 1. The zero-order valence-corrected chi connectivity index (χ0v) is 12.6. The minimum atomic E-state index is -0.471. The zero-order chi connectivity index (χ0) is 14.7. The highest BCUT2D eigenvalue weighted by Crippen LogP contribution is 2.26. The van der Waals surface area contributed by atoms with Crippen LogP contribution in [0.4, 0.5) is 0 Å². The lowest BCUT2D eigenvalue weighted by molar-refractivity contribution is -0.143. The van der Waals surface area contributed by atoms with Gasteiger partial charge in [0.15, 0.2) is 0 Å². The number of rotatable bonds is 4. The molecule has 19 heavy (non-hydrogen) atoms. The number of esters is 1. The Hall–Kier alpha value is -1.64. The highest BCUT2D eigenvalue weighted by atomic mass is 16.5. The number of Topliss-reactive ketones (excluding diaryl/α,β-unsaturated/α-hetero) is 1. The molecule has 0 saturated carbocycles. The van der Waals surface area contributed by atoms with Gasteiger partial charge in [-0.2, -0.15) is 0 Å². The van der Waals surface area contributed by atoms with Crippen LogP contribution in [0.2, 0.25) is 0 Å². The first-order valence-corrected chi connectivity index (χ1v) is 6.43. The predicted molar refractivity (Wildman–Crippen MR) is 75.5 cm³/mol. The van der Waals surface area contributed by atoms with Crippen molar-refractivity contribution in [1.82, 2.24) is 0 Å². The van der Waals surface area contributed by atoms with Gasteiger partial charge in [-0.25, -0.2) is 0 Å². The summed E-state index contributed by atoms with van der Waals surface area (Å²) < 4.78 is 4.53. The molecule has 0 amide bonds. The van der Waals surface area contributed by atoms with Gasteiger partial charge in [0, 0.05) is 6.42 Å². The van der Waals surface area contributed by atoms with Crippen molar-refractivity contribution in [2.45, 2.75) is 47.5 Å². The molecule has 0 spiro atoms. The minimum absolute atomic E-state index is 0.0966. The molecule has 104 valence electrons. The van der Waals surface area contributed by atoms with Crippen LogP contribution in [0.15, 0.2) is 0 Å². The van der Waals surface area contributed by atoms with Crippen LogP contribution in [0.1, 0.15) is 39.8 Å². The van der Waals surface area contributed by atoms with Crippen molar-refractivity contribution in [3.63, 3.8) is 0 Å². The van der Waals surface area contributed by atoms with Gasteiger partial charge in [-0.1, -0.05) is 0 Å². The van der Waals surface area contributed by atoms with Crippen molar-refractivity contribution in [3.05, 3.63) is 33.4 Å². The minimum Gasteiger partial charge on any atom is -0.469 e. The summed E-state index contributed by atoms with van der Waals surface area (Å²) in [6.07, 6.45) is 0.149. The summed E-state index contributed by atoms with van der Waals surface area (Å²) in [6, 6.07) is 0. The summed E-state index contributed by atoms with van der Waals surface area (Å²) in [5, 5.41) is 0. The van der Waals surface area contributed by atoms with Gasteiger partial charge in [0.05, 0.1) is 7.11 Å². The average Bonchev–Trinajstić information content (AvgIpc) is 2.39. The van der Waals surface area contributed by atoms with Gasteiger partial charge in [-0.05, 0) is 68.0 Å². The molecule has 0 saturated heterocycles. The summed E-state index contributed by atoms with van der Waals surface area (Å²) in [4.78, 5) is 23.0. The predicted octanol–water partition coefficient (Wildman–Crippen LogP) is 2.90. The maximum atomic E-state index is 11.9. The number of hydrogen-bond acceptors (Lipinski definition) is 3. The Labute approximate surface area is 115 Å². The fourth-order valence-corrected chi connectivity index (χ4v) is 2.34. The molecule has 3 heteroatoms. The second-order valence-corrected chi connectivity index (χ2v) is 5.07. The molecule has 0 aliphatic carbocycles. The van der Waals surface area contributed by atoms with E-state index in [1.807, 2.05) is 13.8 Å². The van der Waals surface area contributed by atoms with E-state index in [1.54, 1.807) is 0 Å². The molecule has 0 bridgehead atoms. The number of carbonyl (C=O) groups is 2. The van der Waals surface area contributed by atoms with E-state index in [0.29, 0.717) is 6.42 Å². The normalized spacial score (nSPS) is 10.4. The first-order valence-electron chi connectivity index (χ1n) is 6.43. The number of ether oxygens (including phenoxy) is 1. The van der Waals surface area contributed by atoms with Crippen molar-refractivity contribution in [2.75, 3.05) is 7.11 Å². The summed E-state index contributed by atoms with van der Waals surface area (Å²) in [7, 11) is 1.30. The largest absolute Gasteiger partial charge is 0.469 e. The maximum Gasteiger partial charge on any atom is 0.313 e. The smallest absolute Gasteiger partial charge is 0.313 e. The fraction of sp³-hybridized carbons (Fsp3) is 0.500. The van der Waals surface area contributed by atoms with Gasteiger partial charge in [0.2, 0.25) is 0 Å². The molecule has 1 rings (SSSR count). The maximum absolute atomic E-state index is 11.9. The summed E-state index contributed by atoms with van der Waals surface area (Å²) in [5.74, 6) is -0.568. The van der Waals surface area contributed by atoms with Crippen LogP contribution in [-0.4, -0.2) is 18.9 Å². The number of benzene rings is 1. The number of methoxy groups -OCH3 is 1. The van der Waals surface area contributed by atoms with Crippen molar-refractivity contribution >= 4 is 11.8 Å². The molecular formula is C16H22O3. The Morgan fingerprint density at radius 3 is 1.68 bits per heavy atom. The topological polar surface area (TPSA) is 43.4 Å². The Kier molecular flexibility index (Phi) is 4.87. The lowest BCUT2D eigenvalue weighted by Crippen LogP contribution is -2.14. The van der Waals surface area contributed by atoms with E-state index >= 15 is 0 Å². The monoisotopic (exact) mass is 262 g/mol. The second kappa shape index (κ2) is 6.00. The highest BCUT2D eigenvalue weighted by Gasteiger charge is 2.16. The van der Waals surface area contributed by atoms with Crippen molar-refractivity contribution in [1.29, 1.82) is 0 Å². The van der Waals surface area contributed by atoms with Gasteiger partial charge < -0.3 is 4.74 Å². The van der Waals surface area contributed by atoms with Gasteiger partial charge >= 0.3 is 5.97 Å². The van der Waals surface area contributed by atoms with Crippen molar-refractivity contribution in [2.24, 2.45) is 0 Å². The Morgan fingerprint density at radius 2 is 1.26 bits per heavy atom. The zero-order valence-electron chi connectivity index (χ0n) is 12.6. The van der Waals surface area contributed by atoms with Crippen molar-refractivity contribution in [3.8, 4) is 0 Å². The SMILES string of the molecule is COC(=O)CC(=O)Cc1c(C)c(C)c(C)c(C)c1C. The standard InChI is InChI=1S/C16H22O3/c1-9-10(2)12(4)15(13(5)11(9)3)7-14(17)8-16(18)19-6/h7-8H2,1-6H3. The molecule has 1 aromatic carbocycles. The molecule has 0 fully saturated rings. The van der Waals surface area contributed by atoms with Gasteiger partial charge in [0.25, 0.3) is 0 Å². The van der Waals surface area contributed by atoms with E-state index in [2.05, 4.69) is 25.5 Å². The third kappa shape index (κ3) is 3.22. The van der Waals surface area contributed by atoms with Crippen LogP contribution in [0.25, 0.3) is 0 Å². The lowest BCUT2D eigenvalue weighted by atomic mass is 9.87. The molecule has 0 aliphatic rings. The van der Waals surface area contributed by atoms with Crippen LogP contribution in [-0.2, 0) is 20.7 Å². The lowest BCUT2D eigenvalue weighted by Gasteiger charge is -2.18. The molecule has 0 unspecified atom stereocenters. The van der Waals surface area contributed by atoms with Crippen LogP contribution in [0.3, 0.4) is 0 Å². The van der Waals surface area contributed by atoms with E-state index in [0.717, 1.165) is 16.7 Å². The van der Waals surface area contributed by atoms with Crippen LogP contribution in [0, 0.1) is 34.6 Å². The summed E-state index contributed by atoms with van der Waals surface area (Å²) in [5.41, 5.74) is 7.08. The van der Waals surface area contributed by atoms with Gasteiger partial charge in [0.1, 0.15) is 12.2 Å². The first-order chi connectivity index (χ1) is 8.79. The van der Waals surface area contributed by atoms with Gasteiger partial charge in [-0.15, -0.1) is 0 Å². The van der Waals surface area contributed by atoms with E-state index in [1.165, 1.54) is 23.8 Å². The van der Waals surface area contributed by atoms with Gasteiger partial charge in [-0.3, -0.25) is 9.59 Å². The quantitative estimate of drug-likeness (QED) is 0.619. The third-order valence-corrected chi connectivity index (χ3v) is 4.10. The second-order valence-electron chi connectivity index (χ2n) is 5.07. The Balaban J connectivity index is 3.09. The average molecular weight is 262 g/mol. The first kappa shape index (κ1) is 15.4. The fourth-order valence-electron chi connectivity index (χ4n) is 2.34. The Bertz CT molecular complexity index is 498. The molecule has 0 aliphatic heterocycles. The van der Waals surface area contributed by atoms with E-state index in [-0.39, 0.29) is 12.2 Å². The Morgan fingerprint density at radius 1 is 0.842 bits per heavy atom. The van der Waals surface area contributed by atoms with E-state index in [9.17, 15) is 9.59 Å². The number of carbonyl (C=O) groups excluding carboxylic acids is 2. The molecule has 0 radical (unpaired) electrons. The molecule has 0 heterocycles.